The highest BCUT2D eigenvalue weighted by Crippen LogP contribution is 2.42. The summed E-state index contributed by atoms with van der Waals surface area (Å²) in [6.07, 6.45) is 8.24. The van der Waals surface area contributed by atoms with Crippen molar-refractivity contribution in [3.8, 4) is 0 Å². The number of nitrogens with zero attached hydrogens (tertiary/aromatic N) is 2. The van der Waals surface area contributed by atoms with E-state index in [0.717, 1.165) is 6.54 Å². The van der Waals surface area contributed by atoms with Crippen LogP contribution in [0.25, 0.3) is 0 Å². The topological polar surface area (TPSA) is 56.7 Å². The van der Waals surface area contributed by atoms with Gasteiger partial charge >= 0.3 is 0 Å². The van der Waals surface area contributed by atoms with Gasteiger partial charge in [0.1, 0.15) is 6.54 Å². The third-order valence-electron chi connectivity index (χ3n) is 4.42. The van der Waals surface area contributed by atoms with E-state index in [0.29, 0.717) is 23.8 Å². The Morgan fingerprint density at radius 2 is 1.92 bits per heavy atom. The molecule has 1 amide bonds. The summed E-state index contributed by atoms with van der Waals surface area (Å²) in [6.45, 7) is 10.0. The molecular weight excluding hydrogens is 415 g/mol. The Bertz CT molecular complexity index is 415. The lowest BCUT2D eigenvalue weighted by Gasteiger charge is -2.32. The number of likely N-dealkylation sites (N-methyl/N-ethyl adjacent to an activating group) is 1. The number of rotatable bonds is 8. The minimum atomic E-state index is 0. The van der Waals surface area contributed by atoms with Crippen molar-refractivity contribution in [3.05, 3.63) is 12.7 Å². The standard InChI is InChI=1S/C18H34N4O.HI/c1-6-11-19-17(20-13-16(23)22(4)5)21-14-18(12-15(2)3)9-7-8-10-18;/h6,15H,1,7-14H2,2-5H3,(H2,19,20,21);1H. The molecule has 0 heterocycles. The van der Waals surface area contributed by atoms with Crippen LogP contribution in [0.15, 0.2) is 17.6 Å². The van der Waals surface area contributed by atoms with Crippen LogP contribution < -0.4 is 10.6 Å². The van der Waals surface area contributed by atoms with Crippen molar-refractivity contribution in [2.24, 2.45) is 16.3 Å². The average Bonchev–Trinajstić information content (AvgIpc) is 2.93. The van der Waals surface area contributed by atoms with Crippen LogP contribution in [0.1, 0.15) is 46.0 Å². The molecule has 0 atom stereocenters. The largest absolute Gasteiger partial charge is 0.356 e. The number of hydrogen-bond donors (Lipinski definition) is 2. The van der Waals surface area contributed by atoms with Crippen molar-refractivity contribution in [3.63, 3.8) is 0 Å². The quantitative estimate of drug-likeness (QED) is 0.259. The zero-order chi connectivity index (χ0) is 17.3. The van der Waals surface area contributed by atoms with Crippen LogP contribution in [-0.2, 0) is 4.79 Å². The zero-order valence-electron chi connectivity index (χ0n) is 15.7. The van der Waals surface area contributed by atoms with Gasteiger partial charge in [-0.3, -0.25) is 4.79 Å². The maximum absolute atomic E-state index is 11.7. The van der Waals surface area contributed by atoms with Gasteiger partial charge in [0, 0.05) is 27.2 Å². The lowest BCUT2D eigenvalue weighted by molar-refractivity contribution is -0.127. The molecule has 5 nitrogen and oxygen atoms in total. The van der Waals surface area contributed by atoms with Crippen LogP contribution in [0.4, 0.5) is 0 Å². The first-order valence-electron chi connectivity index (χ1n) is 8.72. The first kappa shape index (κ1) is 23.2. The molecule has 0 radical (unpaired) electrons. The van der Waals surface area contributed by atoms with Crippen LogP contribution in [0, 0.1) is 11.3 Å². The average molecular weight is 450 g/mol. The summed E-state index contributed by atoms with van der Waals surface area (Å²) in [4.78, 5) is 17.7. The normalized spacial score (nSPS) is 16.5. The first-order chi connectivity index (χ1) is 10.9. The van der Waals surface area contributed by atoms with Gasteiger partial charge in [-0.25, -0.2) is 4.99 Å². The van der Waals surface area contributed by atoms with E-state index >= 15 is 0 Å². The van der Waals surface area contributed by atoms with Gasteiger partial charge in [-0.15, -0.1) is 30.6 Å². The van der Waals surface area contributed by atoms with Gasteiger partial charge in [0.15, 0.2) is 5.96 Å². The van der Waals surface area contributed by atoms with Crippen molar-refractivity contribution in [1.82, 2.24) is 15.5 Å². The molecule has 0 unspecified atom stereocenters. The molecule has 0 saturated heterocycles. The summed E-state index contributed by atoms with van der Waals surface area (Å²) in [7, 11) is 3.50. The smallest absolute Gasteiger partial charge is 0.243 e. The monoisotopic (exact) mass is 450 g/mol. The van der Waals surface area contributed by atoms with Gasteiger partial charge in [0.2, 0.25) is 5.91 Å². The lowest BCUT2D eigenvalue weighted by atomic mass is 9.78. The van der Waals surface area contributed by atoms with E-state index in [2.05, 4.69) is 36.1 Å². The maximum Gasteiger partial charge on any atom is 0.243 e. The Morgan fingerprint density at radius 1 is 1.29 bits per heavy atom. The second-order valence-electron chi connectivity index (χ2n) is 7.28. The van der Waals surface area contributed by atoms with E-state index < -0.39 is 0 Å². The van der Waals surface area contributed by atoms with Crippen molar-refractivity contribution in [2.75, 3.05) is 33.7 Å². The van der Waals surface area contributed by atoms with Crippen LogP contribution in [0.3, 0.4) is 0 Å². The van der Waals surface area contributed by atoms with Crippen molar-refractivity contribution >= 4 is 35.8 Å². The molecule has 1 aliphatic carbocycles. The third-order valence-corrected chi connectivity index (χ3v) is 4.42. The van der Waals surface area contributed by atoms with Crippen LogP contribution in [-0.4, -0.2) is 50.5 Å². The van der Waals surface area contributed by atoms with Gasteiger partial charge in [0.25, 0.3) is 0 Å². The molecule has 1 rings (SSSR count). The van der Waals surface area contributed by atoms with E-state index in [9.17, 15) is 4.79 Å². The number of guanidine groups is 1. The minimum Gasteiger partial charge on any atom is -0.356 e. The predicted molar refractivity (Wildman–Crippen MR) is 113 cm³/mol. The molecule has 0 aliphatic heterocycles. The van der Waals surface area contributed by atoms with Crippen molar-refractivity contribution in [2.45, 2.75) is 46.0 Å². The molecule has 0 aromatic heterocycles. The molecule has 1 fully saturated rings. The summed E-state index contributed by atoms with van der Waals surface area (Å²) in [5.41, 5.74) is 0.371. The predicted octanol–water partition coefficient (Wildman–Crippen LogP) is 3.02. The van der Waals surface area contributed by atoms with Crippen LogP contribution in [0.5, 0.6) is 0 Å². The summed E-state index contributed by atoms with van der Waals surface area (Å²) >= 11 is 0. The van der Waals surface area contributed by atoms with Gasteiger partial charge in [-0.1, -0.05) is 32.8 Å². The number of carbonyl (C=O) groups excluding carboxylic acids is 1. The number of carbonyl (C=O) groups is 1. The lowest BCUT2D eigenvalue weighted by Crippen LogP contribution is -2.44. The molecule has 0 aromatic rings. The van der Waals surface area contributed by atoms with Gasteiger partial charge in [-0.05, 0) is 30.6 Å². The maximum atomic E-state index is 11.7. The molecule has 1 saturated carbocycles. The fraction of sp³-hybridized carbons (Fsp3) is 0.778. The molecule has 1 aliphatic rings. The molecule has 6 heteroatoms. The summed E-state index contributed by atoms with van der Waals surface area (Å²) in [5.74, 6) is 1.41. The molecule has 0 bridgehead atoms. The fourth-order valence-electron chi connectivity index (χ4n) is 3.35. The molecule has 140 valence electrons. The zero-order valence-corrected chi connectivity index (χ0v) is 18.1. The Balaban J connectivity index is 0.00000529. The first-order valence-corrected chi connectivity index (χ1v) is 8.72. The van der Waals surface area contributed by atoms with Crippen LogP contribution >= 0.6 is 24.0 Å². The van der Waals surface area contributed by atoms with Gasteiger partial charge in [0.05, 0.1) is 0 Å². The van der Waals surface area contributed by atoms with E-state index in [1.165, 1.54) is 32.1 Å². The van der Waals surface area contributed by atoms with E-state index in [1.54, 1.807) is 25.1 Å². The van der Waals surface area contributed by atoms with E-state index in [-0.39, 0.29) is 36.4 Å². The molecule has 0 aromatic carbocycles. The Morgan fingerprint density at radius 3 is 2.42 bits per heavy atom. The number of amides is 1. The second-order valence-corrected chi connectivity index (χ2v) is 7.28. The highest BCUT2D eigenvalue weighted by Gasteiger charge is 2.34. The Hall–Kier alpha value is -0.790. The summed E-state index contributed by atoms with van der Waals surface area (Å²) in [5, 5.41) is 6.67. The Kier molecular flexibility index (Phi) is 11.3. The van der Waals surface area contributed by atoms with Gasteiger partial charge in [-0.2, -0.15) is 0 Å². The van der Waals surface area contributed by atoms with Gasteiger partial charge < -0.3 is 15.5 Å². The highest BCUT2D eigenvalue weighted by molar-refractivity contribution is 14.0. The number of nitrogens with one attached hydrogen (secondary N) is 2. The highest BCUT2D eigenvalue weighted by atomic mass is 127. The number of halogens is 1. The number of aliphatic imine (C=N–C) groups is 1. The van der Waals surface area contributed by atoms with E-state index in [1.807, 2.05) is 0 Å². The molecule has 2 N–H and O–H groups in total. The van der Waals surface area contributed by atoms with Crippen molar-refractivity contribution < 1.29 is 4.79 Å². The third kappa shape index (κ3) is 8.35. The molecular formula is C18H35IN4O. The molecule has 0 spiro atoms. The molecule has 24 heavy (non-hydrogen) atoms. The van der Waals surface area contributed by atoms with Crippen LogP contribution in [0.2, 0.25) is 0 Å². The summed E-state index contributed by atoms with van der Waals surface area (Å²) < 4.78 is 0. The fourth-order valence-corrected chi connectivity index (χ4v) is 3.35. The Labute approximate surface area is 164 Å². The van der Waals surface area contributed by atoms with E-state index in [4.69, 9.17) is 0 Å². The number of hydrogen-bond acceptors (Lipinski definition) is 2. The SMILES string of the molecule is C=CCNC(=NCC(=O)N(C)C)NCC1(CC(C)C)CCCC1.I. The second kappa shape index (κ2) is 11.7. The summed E-state index contributed by atoms with van der Waals surface area (Å²) in [6, 6.07) is 0. The van der Waals surface area contributed by atoms with Crippen molar-refractivity contribution in [1.29, 1.82) is 0 Å². The minimum absolute atomic E-state index is 0.